The van der Waals surface area contributed by atoms with Gasteiger partial charge in [0.2, 0.25) is 0 Å². The number of para-hydroxylation sites is 1. The van der Waals surface area contributed by atoms with Crippen molar-refractivity contribution in [2.24, 2.45) is 0 Å². The average molecular weight is 309 g/mol. The van der Waals surface area contributed by atoms with Crippen molar-refractivity contribution in [1.82, 2.24) is 4.90 Å². The van der Waals surface area contributed by atoms with E-state index < -0.39 is 5.60 Å². The molecule has 0 unspecified atom stereocenters. The lowest BCUT2D eigenvalue weighted by atomic mass is 9.84. The molecule has 1 N–H and O–H groups in total. The van der Waals surface area contributed by atoms with Crippen molar-refractivity contribution < 1.29 is 5.11 Å². The highest BCUT2D eigenvalue weighted by atomic mass is 35.5. The molecule has 1 aliphatic heterocycles. The molecule has 0 bridgehead atoms. The Labute approximate surface area is 132 Å². The highest BCUT2D eigenvalue weighted by Crippen LogP contribution is 2.30. The summed E-state index contributed by atoms with van der Waals surface area (Å²) in [5.74, 6) is 0. The Morgan fingerprint density at radius 1 is 1.00 bits per heavy atom. The molecule has 0 atom stereocenters. The van der Waals surface area contributed by atoms with Crippen LogP contribution in [0.4, 0.5) is 5.69 Å². The van der Waals surface area contributed by atoms with E-state index in [9.17, 15) is 5.11 Å². The van der Waals surface area contributed by atoms with Crippen LogP contribution in [-0.2, 0) is 0 Å². The van der Waals surface area contributed by atoms with Gasteiger partial charge < -0.3 is 10.0 Å². The van der Waals surface area contributed by atoms with Gasteiger partial charge in [-0.1, -0.05) is 43.0 Å². The smallest absolute Gasteiger partial charge is 0.0774 e. The number of anilines is 1. The molecule has 2 fully saturated rings. The van der Waals surface area contributed by atoms with Gasteiger partial charge in [-0.25, -0.2) is 0 Å². The molecule has 1 aliphatic carbocycles. The Morgan fingerprint density at radius 3 is 2.33 bits per heavy atom. The number of hydrogen-bond acceptors (Lipinski definition) is 3. The molecular formula is C17H25ClN2O. The molecule has 1 saturated carbocycles. The van der Waals surface area contributed by atoms with E-state index in [1.54, 1.807) is 0 Å². The molecule has 1 saturated heterocycles. The quantitative estimate of drug-likeness (QED) is 0.929. The summed E-state index contributed by atoms with van der Waals surface area (Å²) in [5, 5.41) is 11.5. The van der Waals surface area contributed by atoms with Crippen LogP contribution in [-0.4, -0.2) is 48.3 Å². The van der Waals surface area contributed by atoms with E-state index in [1.165, 1.54) is 19.3 Å². The summed E-state index contributed by atoms with van der Waals surface area (Å²) in [6.45, 7) is 4.82. The number of rotatable bonds is 3. The molecule has 21 heavy (non-hydrogen) atoms. The van der Waals surface area contributed by atoms with Gasteiger partial charge in [0.05, 0.1) is 16.3 Å². The van der Waals surface area contributed by atoms with E-state index in [0.29, 0.717) is 0 Å². The van der Waals surface area contributed by atoms with Crippen LogP contribution in [0.15, 0.2) is 24.3 Å². The number of piperazine rings is 1. The number of aliphatic hydroxyl groups is 1. The lowest BCUT2D eigenvalue weighted by Gasteiger charge is -2.41. The van der Waals surface area contributed by atoms with Crippen LogP contribution in [0, 0.1) is 0 Å². The van der Waals surface area contributed by atoms with Crippen molar-refractivity contribution in [2.75, 3.05) is 37.6 Å². The minimum Gasteiger partial charge on any atom is -0.389 e. The van der Waals surface area contributed by atoms with E-state index in [0.717, 1.165) is 56.3 Å². The van der Waals surface area contributed by atoms with Gasteiger partial charge in [0.25, 0.3) is 0 Å². The van der Waals surface area contributed by atoms with Gasteiger partial charge in [0.15, 0.2) is 0 Å². The summed E-state index contributed by atoms with van der Waals surface area (Å²) in [7, 11) is 0. The zero-order chi connectivity index (χ0) is 14.7. The Bertz CT molecular complexity index is 466. The molecule has 2 aliphatic rings. The van der Waals surface area contributed by atoms with Crippen molar-refractivity contribution in [3.63, 3.8) is 0 Å². The van der Waals surface area contributed by atoms with E-state index in [-0.39, 0.29) is 0 Å². The second-order valence-corrected chi connectivity index (χ2v) is 6.91. The van der Waals surface area contributed by atoms with Gasteiger partial charge in [-0.15, -0.1) is 0 Å². The average Bonchev–Trinajstić information content (AvgIpc) is 2.49. The topological polar surface area (TPSA) is 26.7 Å². The maximum atomic E-state index is 10.7. The zero-order valence-electron chi connectivity index (χ0n) is 12.6. The van der Waals surface area contributed by atoms with Gasteiger partial charge in [-0.3, -0.25) is 4.90 Å². The minimum atomic E-state index is -0.440. The van der Waals surface area contributed by atoms with Gasteiger partial charge in [0, 0.05) is 32.7 Å². The molecule has 0 amide bonds. The largest absolute Gasteiger partial charge is 0.389 e. The first kappa shape index (κ1) is 15.1. The van der Waals surface area contributed by atoms with E-state index >= 15 is 0 Å². The lowest BCUT2D eigenvalue weighted by Crippen LogP contribution is -2.52. The number of hydrogen-bond donors (Lipinski definition) is 1. The summed E-state index contributed by atoms with van der Waals surface area (Å²) >= 11 is 6.28. The molecule has 3 rings (SSSR count). The van der Waals surface area contributed by atoms with Gasteiger partial charge in [0.1, 0.15) is 0 Å². The Balaban J connectivity index is 1.54. The van der Waals surface area contributed by atoms with Crippen LogP contribution in [0.1, 0.15) is 32.1 Å². The third-order valence-corrected chi connectivity index (χ3v) is 5.19. The highest BCUT2D eigenvalue weighted by molar-refractivity contribution is 6.33. The first-order chi connectivity index (χ1) is 10.2. The van der Waals surface area contributed by atoms with Crippen molar-refractivity contribution in [3.8, 4) is 0 Å². The zero-order valence-corrected chi connectivity index (χ0v) is 13.4. The van der Waals surface area contributed by atoms with Crippen LogP contribution in [0.3, 0.4) is 0 Å². The summed E-state index contributed by atoms with van der Waals surface area (Å²) < 4.78 is 0. The Morgan fingerprint density at radius 2 is 1.67 bits per heavy atom. The molecule has 4 heteroatoms. The molecule has 0 radical (unpaired) electrons. The normalized spacial score (nSPS) is 23.2. The lowest BCUT2D eigenvalue weighted by molar-refractivity contribution is -0.0271. The molecule has 1 aromatic carbocycles. The number of benzene rings is 1. The van der Waals surface area contributed by atoms with Crippen LogP contribution >= 0.6 is 11.6 Å². The fourth-order valence-electron chi connectivity index (χ4n) is 3.64. The molecular weight excluding hydrogens is 284 g/mol. The van der Waals surface area contributed by atoms with Gasteiger partial charge >= 0.3 is 0 Å². The molecule has 1 heterocycles. The minimum absolute atomic E-state index is 0.440. The second kappa shape index (κ2) is 6.55. The Hall–Kier alpha value is -0.770. The monoisotopic (exact) mass is 308 g/mol. The highest BCUT2D eigenvalue weighted by Gasteiger charge is 2.32. The fourth-order valence-corrected chi connectivity index (χ4v) is 3.89. The molecule has 0 aromatic heterocycles. The first-order valence-corrected chi connectivity index (χ1v) is 8.48. The predicted octanol–water partition coefficient (Wildman–Crippen LogP) is 3.16. The van der Waals surface area contributed by atoms with Crippen LogP contribution in [0.2, 0.25) is 5.02 Å². The standard InChI is InChI=1S/C17H25ClN2O/c18-15-6-2-3-7-16(15)20-12-10-19(11-13-20)14-17(21)8-4-1-5-9-17/h2-3,6-7,21H,1,4-5,8-14H2. The van der Waals surface area contributed by atoms with Crippen molar-refractivity contribution >= 4 is 17.3 Å². The van der Waals surface area contributed by atoms with Gasteiger partial charge in [-0.2, -0.15) is 0 Å². The Kier molecular flexibility index (Phi) is 4.72. The van der Waals surface area contributed by atoms with Gasteiger partial charge in [-0.05, 0) is 25.0 Å². The summed E-state index contributed by atoms with van der Waals surface area (Å²) in [6, 6.07) is 8.06. The second-order valence-electron chi connectivity index (χ2n) is 6.50. The number of halogens is 1. The molecule has 116 valence electrons. The molecule has 1 aromatic rings. The van der Waals surface area contributed by atoms with E-state index in [4.69, 9.17) is 11.6 Å². The fraction of sp³-hybridized carbons (Fsp3) is 0.647. The SMILES string of the molecule is OC1(CN2CCN(c3ccccc3Cl)CC2)CCCCC1. The van der Waals surface area contributed by atoms with Crippen LogP contribution < -0.4 is 4.90 Å². The van der Waals surface area contributed by atoms with Crippen molar-refractivity contribution in [1.29, 1.82) is 0 Å². The van der Waals surface area contributed by atoms with Crippen molar-refractivity contribution in [3.05, 3.63) is 29.3 Å². The predicted molar refractivity (Wildman–Crippen MR) is 88.1 cm³/mol. The van der Waals surface area contributed by atoms with E-state index in [2.05, 4.69) is 15.9 Å². The van der Waals surface area contributed by atoms with E-state index in [1.807, 2.05) is 18.2 Å². The molecule has 3 nitrogen and oxygen atoms in total. The van der Waals surface area contributed by atoms with Crippen LogP contribution in [0.5, 0.6) is 0 Å². The summed E-state index contributed by atoms with van der Waals surface area (Å²) in [4.78, 5) is 4.77. The summed E-state index contributed by atoms with van der Waals surface area (Å²) in [5.41, 5.74) is 0.695. The number of nitrogens with zero attached hydrogens (tertiary/aromatic N) is 2. The first-order valence-electron chi connectivity index (χ1n) is 8.11. The van der Waals surface area contributed by atoms with Crippen molar-refractivity contribution in [2.45, 2.75) is 37.7 Å². The number of β-amino-alcohol motifs (C(OH)–C–C–N with tert-alkyl or cyclic N) is 1. The third-order valence-electron chi connectivity index (χ3n) is 4.87. The van der Waals surface area contributed by atoms with Crippen LogP contribution in [0.25, 0.3) is 0 Å². The molecule has 0 spiro atoms. The summed E-state index contributed by atoms with van der Waals surface area (Å²) in [6.07, 6.45) is 5.57. The maximum Gasteiger partial charge on any atom is 0.0774 e. The third kappa shape index (κ3) is 3.71. The maximum absolute atomic E-state index is 10.7.